The minimum absolute atomic E-state index is 0.0432. The molecule has 0 saturated carbocycles. The van der Waals surface area contributed by atoms with E-state index >= 15 is 0 Å². The molecule has 5 nitrogen and oxygen atoms in total. The van der Waals surface area contributed by atoms with Crippen LogP contribution in [0.15, 0.2) is 35.5 Å². The average Bonchev–Trinajstić information content (AvgIpc) is 2.84. The van der Waals surface area contributed by atoms with E-state index in [1.807, 2.05) is 6.92 Å². The first kappa shape index (κ1) is 14.8. The van der Waals surface area contributed by atoms with Crippen LogP contribution in [-0.2, 0) is 22.2 Å². The second-order valence-electron chi connectivity index (χ2n) is 4.02. The Kier molecular flexibility index (Phi) is 4.29. The van der Waals surface area contributed by atoms with Gasteiger partial charge in [-0.15, -0.1) is 0 Å². The van der Waals surface area contributed by atoms with Crippen molar-refractivity contribution in [2.45, 2.75) is 25.0 Å². The van der Waals surface area contributed by atoms with Crippen molar-refractivity contribution in [3.05, 3.63) is 42.0 Å². The number of halogens is 2. The fourth-order valence-electron chi connectivity index (χ4n) is 1.57. The van der Waals surface area contributed by atoms with Crippen molar-refractivity contribution in [3.8, 4) is 5.75 Å². The third kappa shape index (κ3) is 3.49. The molecule has 0 N–H and O–H groups in total. The Labute approximate surface area is 120 Å². The van der Waals surface area contributed by atoms with Crippen LogP contribution in [0.1, 0.15) is 12.5 Å². The van der Waals surface area contributed by atoms with Gasteiger partial charge in [0.25, 0.3) is 9.05 Å². The van der Waals surface area contributed by atoms with Crippen molar-refractivity contribution >= 4 is 19.7 Å². The number of benzene rings is 1. The first-order valence-corrected chi connectivity index (χ1v) is 8.09. The van der Waals surface area contributed by atoms with Gasteiger partial charge < -0.3 is 4.74 Å². The van der Waals surface area contributed by atoms with Gasteiger partial charge in [0.2, 0.25) is 0 Å². The number of nitrogens with zero attached hydrogens (tertiary/aromatic N) is 2. The molecule has 0 atom stereocenters. The first-order valence-electron chi connectivity index (χ1n) is 5.78. The summed E-state index contributed by atoms with van der Waals surface area (Å²) in [5, 5.41) is 4.06. The number of aromatic nitrogens is 2. The lowest BCUT2D eigenvalue weighted by Gasteiger charge is -2.06. The maximum absolute atomic E-state index is 13.7. The summed E-state index contributed by atoms with van der Waals surface area (Å²) in [5.41, 5.74) is 0.792. The molecule has 0 aliphatic carbocycles. The number of aryl methyl sites for hydroxylation is 1. The van der Waals surface area contributed by atoms with Gasteiger partial charge in [0.1, 0.15) is 6.61 Å². The molecule has 0 fully saturated rings. The molecule has 0 unspecified atom stereocenters. The molecule has 0 radical (unpaired) electrons. The summed E-state index contributed by atoms with van der Waals surface area (Å²) in [4.78, 5) is -0.303. The zero-order chi connectivity index (χ0) is 14.8. The Balaban J connectivity index is 2.10. The van der Waals surface area contributed by atoms with Crippen LogP contribution in [0, 0.1) is 5.82 Å². The van der Waals surface area contributed by atoms with Crippen LogP contribution in [-0.4, -0.2) is 18.2 Å². The molecule has 108 valence electrons. The van der Waals surface area contributed by atoms with Crippen molar-refractivity contribution in [2.75, 3.05) is 0 Å². The van der Waals surface area contributed by atoms with Crippen LogP contribution in [0.2, 0.25) is 0 Å². The van der Waals surface area contributed by atoms with E-state index in [1.165, 1.54) is 12.1 Å². The van der Waals surface area contributed by atoms with Crippen molar-refractivity contribution in [1.82, 2.24) is 9.78 Å². The normalized spacial score (nSPS) is 11.6. The van der Waals surface area contributed by atoms with Crippen LogP contribution < -0.4 is 4.74 Å². The van der Waals surface area contributed by atoms with E-state index in [-0.39, 0.29) is 17.3 Å². The predicted molar refractivity (Wildman–Crippen MR) is 71.7 cm³/mol. The average molecular weight is 319 g/mol. The summed E-state index contributed by atoms with van der Waals surface area (Å²) < 4.78 is 42.8. The monoisotopic (exact) mass is 318 g/mol. The van der Waals surface area contributed by atoms with Crippen LogP contribution >= 0.6 is 10.7 Å². The summed E-state index contributed by atoms with van der Waals surface area (Å²) in [7, 11) is 1.18. The second-order valence-corrected chi connectivity index (χ2v) is 6.59. The lowest BCUT2D eigenvalue weighted by Crippen LogP contribution is -1.99. The molecule has 2 aromatic rings. The van der Waals surface area contributed by atoms with Gasteiger partial charge in [-0.1, -0.05) is 0 Å². The Morgan fingerprint density at radius 3 is 2.75 bits per heavy atom. The minimum atomic E-state index is -3.95. The standard InChI is InChI=1S/C12H12ClFN2O3S/c1-2-16-7-9(6-15-16)8-19-12-4-3-10(5-11(12)14)20(13,17)18/h3-7H,2,8H2,1H3. The molecule has 2 rings (SSSR count). The molecule has 0 aliphatic rings. The van der Waals surface area contributed by atoms with Crippen molar-refractivity contribution < 1.29 is 17.5 Å². The van der Waals surface area contributed by atoms with Crippen LogP contribution in [0.25, 0.3) is 0 Å². The van der Waals surface area contributed by atoms with Gasteiger partial charge in [-0.05, 0) is 25.1 Å². The predicted octanol–water partition coefficient (Wildman–Crippen LogP) is 2.55. The largest absolute Gasteiger partial charge is 0.486 e. The number of ether oxygens (including phenoxy) is 1. The van der Waals surface area contributed by atoms with E-state index in [9.17, 15) is 12.8 Å². The fraction of sp³-hybridized carbons (Fsp3) is 0.250. The lowest BCUT2D eigenvalue weighted by atomic mass is 10.3. The molecule has 0 spiro atoms. The highest BCUT2D eigenvalue weighted by atomic mass is 35.7. The molecule has 20 heavy (non-hydrogen) atoms. The van der Waals surface area contributed by atoms with Gasteiger partial charge in [-0.25, -0.2) is 12.8 Å². The topological polar surface area (TPSA) is 61.2 Å². The molecule has 1 heterocycles. The fourth-order valence-corrected chi connectivity index (χ4v) is 2.33. The molecular formula is C12H12ClFN2O3S. The van der Waals surface area contributed by atoms with E-state index < -0.39 is 14.9 Å². The molecule has 8 heteroatoms. The van der Waals surface area contributed by atoms with Gasteiger partial charge in [0.15, 0.2) is 11.6 Å². The van der Waals surface area contributed by atoms with Crippen molar-refractivity contribution in [1.29, 1.82) is 0 Å². The highest BCUT2D eigenvalue weighted by Crippen LogP contribution is 2.23. The molecule has 0 aliphatic heterocycles. The number of hydrogen-bond donors (Lipinski definition) is 0. The SMILES string of the molecule is CCn1cc(COc2ccc(S(=O)(=O)Cl)cc2F)cn1. The van der Waals surface area contributed by atoms with Gasteiger partial charge in [0, 0.05) is 29.0 Å². The molecule has 1 aromatic carbocycles. The van der Waals surface area contributed by atoms with E-state index in [4.69, 9.17) is 15.4 Å². The quantitative estimate of drug-likeness (QED) is 0.795. The Morgan fingerprint density at radius 2 is 2.20 bits per heavy atom. The molecule has 0 saturated heterocycles. The minimum Gasteiger partial charge on any atom is -0.486 e. The summed E-state index contributed by atoms with van der Waals surface area (Å²) in [6.07, 6.45) is 3.41. The van der Waals surface area contributed by atoms with Gasteiger partial charge in [0.05, 0.1) is 11.1 Å². The van der Waals surface area contributed by atoms with Crippen LogP contribution in [0.3, 0.4) is 0 Å². The van der Waals surface area contributed by atoms with E-state index in [0.29, 0.717) is 0 Å². The van der Waals surface area contributed by atoms with E-state index in [2.05, 4.69) is 5.10 Å². The second kappa shape index (κ2) is 5.80. The highest BCUT2D eigenvalue weighted by Gasteiger charge is 2.14. The summed E-state index contributed by atoms with van der Waals surface area (Å²) in [6, 6.07) is 3.25. The third-order valence-corrected chi connectivity index (χ3v) is 3.94. The molecule has 0 bridgehead atoms. The van der Waals surface area contributed by atoms with Gasteiger partial charge >= 0.3 is 0 Å². The van der Waals surface area contributed by atoms with Gasteiger partial charge in [-0.2, -0.15) is 5.10 Å². The Morgan fingerprint density at radius 1 is 1.45 bits per heavy atom. The maximum Gasteiger partial charge on any atom is 0.261 e. The number of rotatable bonds is 5. The first-order chi connectivity index (χ1) is 9.40. The highest BCUT2D eigenvalue weighted by molar-refractivity contribution is 8.13. The maximum atomic E-state index is 13.7. The van der Waals surface area contributed by atoms with Crippen molar-refractivity contribution in [2.24, 2.45) is 0 Å². The van der Waals surface area contributed by atoms with E-state index in [1.54, 1.807) is 17.1 Å². The Bertz CT molecular complexity index is 715. The molecular weight excluding hydrogens is 307 g/mol. The molecule has 0 amide bonds. The zero-order valence-corrected chi connectivity index (χ0v) is 12.2. The summed E-state index contributed by atoms with van der Waals surface area (Å²) in [6.45, 7) is 2.82. The summed E-state index contributed by atoms with van der Waals surface area (Å²) >= 11 is 0. The van der Waals surface area contributed by atoms with Crippen LogP contribution in [0.4, 0.5) is 4.39 Å². The van der Waals surface area contributed by atoms with E-state index in [0.717, 1.165) is 18.2 Å². The van der Waals surface area contributed by atoms with Crippen LogP contribution in [0.5, 0.6) is 5.75 Å². The molecule has 1 aromatic heterocycles. The zero-order valence-electron chi connectivity index (χ0n) is 10.6. The Hall–Kier alpha value is -1.60. The third-order valence-electron chi connectivity index (χ3n) is 2.59. The smallest absolute Gasteiger partial charge is 0.261 e. The van der Waals surface area contributed by atoms with Crippen molar-refractivity contribution in [3.63, 3.8) is 0 Å². The number of hydrogen-bond acceptors (Lipinski definition) is 4. The van der Waals surface area contributed by atoms with Gasteiger partial charge in [-0.3, -0.25) is 4.68 Å². The lowest BCUT2D eigenvalue weighted by molar-refractivity contribution is 0.289. The summed E-state index contributed by atoms with van der Waals surface area (Å²) in [5.74, 6) is -0.826.